The predicted molar refractivity (Wildman–Crippen MR) is 87.0 cm³/mol. The molecule has 0 aliphatic heterocycles. The van der Waals surface area contributed by atoms with E-state index in [0.29, 0.717) is 12.0 Å². The minimum atomic E-state index is 0.507. The Morgan fingerprint density at radius 2 is 2.05 bits per heavy atom. The van der Waals surface area contributed by atoms with Gasteiger partial charge < -0.3 is 10.2 Å². The fourth-order valence-corrected chi connectivity index (χ4v) is 2.52. The summed E-state index contributed by atoms with van der Waals surface area (Å²) in [5, 5.41) is 3.44. The zero-order valence-electron chi connectivity index (χ0n) is 12.8. The highest BCUT2D eigenvalue weighted by Crippen LogP contribution is 2.14. The van der Waals surface area contributed by atoms with Crippen molar-refractivity contribution in [2.45, 2.75) is 33.4 Å². The van der Waals surface area contributed by atoms with E-state index in [1.165, 1.54) is 5.56 Å². The van der Waals surface area contributed by atoms with Gasteiger partial charge >= 0.3 is 0 Å². The van der Waals surface area contributed by atoms with Crippen LogP contribution in [-0.2, 0) is 6.54 Å². The minimum absolute atomic E-state index is 0.507. The number of aromatic nitrogens is 1. The second-order valence-electron chi connectivity index (χ2n) is 5.46. The van der Waals surface area contributed by atoms with E-state index in [1.807, 2.05) is 18.0 Å². The van der Waals surface area contributed by atoms with Gasteiger partial charge in [-0.25, -0.2) is 4.98 Å². The van der Waals surface area contributed by atoms with Gasteiger partial charge in [0.25, 0.3) is 0 Å². The van der Waals surface area contributed by atoms with Crippen molar-refractivity contribution in [3.05, 3.63) is 23.9 Å². The van der Waals surface area contributed by atoms with E-state index in [-0.39, 0.29) is 0 Å². The van der Waals surface area contributed by atoms with Crippen LogP contribution in [0.3, 0.4) is 0 Å². The molecule has 108 valence electrons. The third kappa shape index (κ3) is 5.83. The Hall–Kier alpha value is -0.740. The van der Waals surface area contributed by atoms with E-state index in [9.17, 15) is 0 Å². The monoisotopic (exact) mass is 281 g/mol. The maximum Gasteiger partial charge on any atom is 0.128 e. The molecule has 1 rings (SSSR count). The lowest BCUT2D eigenvalue weighted by molar-refractivity contribution is 0.552. The molecule has 0 spiro atoms. The van der Waals surface area contributed by atoms with Crippen molar-refractivity contribution in [2.75, 3.05) is 30.5 Å². The topological polar surface area (TPSA) is 28.2 Å². The van der Waals surface area contributed by atoms with Crippen molar-refractivity contribution in [2.24, 2.45) is 5.92 Å². The quantitative estimate of drug-likeness (QED) is 0.793. The summed E-state index contributed by atoms with van der Waals surface area (Å²) < 4.78 is 0. The molecule has 0 aliphatic carbocycles. The Morgan fingerprint density at radius 1 is 1.32 bits per heavy atom. The van der Waals surface area contributed by atoms with Crippen LogP contribution in [-0.4, -0.2) is 36.6 Å². The number of anilines is 1. The smallest absolute Gasteiger partial charge is 0.128 e. The number of thioether (sulfide) groups is 1. The average Bonchev–Trinajstić information content (AvgIpc) is 2.38. The minimum Gasteiger partial charge on any atom is -0.356 e. The van der Waals surface area contributed by atoms with E-state index in [4.69, 9.17) is 0 Å². The number of hydrogen-bond donors (Lipinski definition) is 1. The fourth-order valence-electron chi connectivity index (χ4n) is 1.81. The van der Waals surface area contributed by atoms with Crippen LogP contribution >= 0.6 is 11.8 Å². The van der Waals surface area contributed by atoms with Crippen LogP contribution in [0.1, 0.15) is 26.3 Å². The molecule has 1 heterocycles. The summed E-state index contributed by atoms with van der Waals surface area (Å²) in [7, 11) is 2.11. The van der Waals surface area contributed by atoms with Gasteiger partial charge in [-0.2, -0.15) is 11.8 Å². The maximum atomic E-state index is 4.56. The molecule has 0 bridgehead atoms. The molecule has 1 aromatic heterocycles. The number of nitrogens with zero attached hydrogens (tertiary/aromatic N) is 2. The lowest BCUT2D eigenvalue weighted by Gasteiger charge is -2.25. The molecule has 0 radical (unpaired) electrons. The molecule has 0 saturated carbocycles. The molecule has 19 heavy (non-hydrogen) atoms. The lowest BCUT2D eigenvalue weighted by Crippen LogP contribution is -2.31. The molecule has 1 N–H and O–H groups in total. The van der Waals surface area contributed by atoms with Crippen LogP contribution in [0.5, 0.6) is 0 Å². The van der Waals surface area contributed by atoms with Crippen LogP contribution in [0.25, 0.3) is 0 Å². The average molecular weight is 281 g/mol. The highest BCUT2D eigenvalue weighted by Gasteiger charge is 2.10. The highest BCUT2D eigenvalue weighted by molar-refractivity contribution is 7.98. The van der Waals surface area contributed by atoms with Crippen LogP contribution in [0.15, 0.2) is 18.3 Å². The largest absolute Gasteiger partial charge is 0.356 e. The van der Waals surface area contributed by atoms with Gasteiger partial charge in [-0.15, -0.1) is 0 Å². The predicted octanol–water partition coefficient (Wildman–Crippen LogP) is 3.01. The lowest BCUT2D eigenvalue weighted by atomic mass is 10.2. The van der Waals surface area contributed by atoms with Crippen molar-refractivity contribution >= 4 is 17.6 Å². The van der Waals surface area contributed by atoms with Crippen LogP contribution in [0, 0.1) is 5.92 Å². The van der Waals surface area contributed by atoms with Crippen LogP contribution < -0.4 is 10.2 Å². The Labute approximate surface area is 122 Å². The van der Waals surface area contributed by atoms with Gasteiger partial charge in [-0.3, -0.25) is 0 Å². The van der Waals surface area contributed by atoms with Gasteiger partial charge in [0, 0.05) is 31.6 Å². The molecule has 0 saturated heterocycles. The third-order valence-corrected chi connectivity index (χ3v) is 3.94. The van der Waals surface area contributed by atoms with Crippen molar-refractivity contribution < 1.29 is 0 Å². The van der Waals surface area contributed by atoms with Crippen molar-refractivity contribution in [1.82, 2.24) is 10.3 Å². The first-order valence-electron chi connectivity index (χ1n) is 6.92. The first-order chi connectivity index (χ1) is 9.04. The van der Waals surface area contributed by atoms with E-state index < -0.39 is 0 Å². The van der Waals surface area contributed by atoms with Gasteiger partial charge in [0.1, 0.15) is 5.82 Å². The Kier molecular flexibility index (Phi) is 7.24. The number of hydrogen-bond acceptors (Lipinski definition) is 4. The van der Waals surface area contributed by atoms with E-state index in [1.54, 1.807) is 0 Å². The summed E-state index contributed by atoms with van der Waals surface area (Å²) in [4.78, 5) is 6.79. The summed E-state index contributed by atoms with van der Waals surface area (Å²) in [6.07, 6.45) is 4.12. The molecule has 1 aromatic rings. The van der Waals surface area contributed by atoms with Gasteiger partial charge in [-0.05, 0) is 37.3 Å². The zero-order chi connectivity index (χ0) is 14.3. The molecule has 1 unspecified atom stereocenters. The summed E-state index contributed by atoms with van der Waals surface area (Å²) in [6.45, 7) is 8.62. The van der Waals surface area contributed by atoms with Crippen LogP contribution in [0.4, 0.5) is 5.82 Å². The molecule has 3 nitrogen and oxygen atoms in total. The summed E-state index contributed by atoms with van der Waals surface area (Å²) in [6, 6.07) is 4.79. The Balaban J connectivity index is 2.51. The summed E-state index contributed by atoms with van der Waals surface area (Å²) >= 11 is 1.87. The third-order valence-electron chi connectivity index (χ3n) is 3.12. The first-order valence-corrected chi connectivity index (χ1v) is 8.31. The van der Waals surface area contributed by atoms with Gasteiger partial charge in [-0.1, -0.05) is 19.9 Å². The number of nitrogens with one attached hydrogen (secondary N) is 1. The molecule has 0 aromatic carbocycles. The fraction of sp³-hybridized carbons (Fsp3) is 0.667. The van der Waals surface area contributed by atoms with E-state index in [2.05, 4.69) is 61.4 Å². The highest BCUT2D eigenvalue weighted by atomic mass is 32.2. The Bertz CT molecular complexity index is 351. The summed E-state index contributed by atoms with van der Waals surface area (Å²) in [5.41, 5.74) is 1.25. The van der Waals surface area contributed by atoms with Gasteiger partial charge in [0.2, 0.25) is 0 Å². The zero-order valence-corrected chi connectivity index (χ0v) is 13.6. The number of pyridine rings is 1. The molecule has 0 amide bonds. The molecule has 0 aliphatic rings. The molecule has 4 heteroatoms. The van der Waals surface area contributed by atoms with Crippen molar-refractivity contribution in [3.63, 3.8) is 0 Å². The SMILES string of the molecule is CSCC(C)N(C)c1ccc(CNCC(C)C)cn1. The van der Waals surface area contributed by atoms with Gasteiger partial charge in [0.15, 0.2) is 0 Å². The molecular formula is C15H27N3S. The second-order valence-corrected chi connectivity index (χ2v) is 6.38. The normalized spacial score (nSPS) is 12.7. The van der Waals surface area contributed by atoms with E-state index in [0.717, 1.165) is 24.7 Å². The first kappa shape index (κ1) is 16.3. The Morgan fingerprint density at radius 3 is 2.58 bits per heavy atom. The maximum absolute atomic E-state index is 4.56. The standard InChI is InChI=1S/C15H27N3S/c1-12(2)8-16-9-14-6-7-15(17-10-14)18(4)13(3)11-19-5/h6-7,10,12-13,16H,8-9,11H2,1-5H3. The van der Waals surface area contributed by atoms with Crippen molar-refractivity contribution in [1.29, 1.82) is 0 Å². The van der Waals surface area contributed by atoms with Crippen LogP contribution in [0.2, 0.25) is 0 Å². The second kappa shape index (κ2) is 8.43. The summed E-state index contributed by atoms with van der Waals surface area (Å²) in [5.74, 6) is 2.86. The molecule has 1 atom stereocenters. The molecular weight excluding hydrogens is 254 g/mol. The number of rotatable bonds is 8. The van der Waals surface area contributed by atoms with Crippen molar-refractivity contribution in [3.8, 4) is 0 Å². The molecule has 0 fully saturated rings. The van der Waals surface area contributed by atoms with E-state index >= 15 is 0 Å². The van der Waals surface area contributed by atoms with Gasteiger partial charge in [0.05, 0.1) is 0 Å².